The van der Waals surface area contributed by atoms with Crippen molar-refractivity contribution in [1.29, 1.82) is 0 Å². The highest BCUT2D eigenvalue weighted by atomic mass is 16.5. The lowest BCUT2D eigenvalue weighted by molar-refractivity contribution is 0.0666. The summed E-state index contributed by atoms with van der Waals surface area (Å²) in [6.07, 6.45) is 2.44. The summed E-state index contributed by atoms with van der Waals surface area (Å²) in [5.74, 6) is 0.187. The van der Waals surface area contributed by atoms with Gasteiger partial charge in [0.2, 0.25) is 0 Å². The number of para-hydroxylation sites is 1. The second-order valence-electron chi connectivity index (χ2n) is 11.1. The summed E-state index contributed by atoms with van der Waals surface area (Å²) in [6.45, 7) is 5.40. The van der Waals surface area contributed by atoms with Crippen LogP contribution < -0.4 is 10.6 Å². The van der Waals surface area contributed by atoms with E-state index < -0.39 is 5.54 Å². The van der Waals surface area contributed by atoms with Crippen LogP contribution in [0.25, 0.3) is 10.8 Å². The number of Topliss-reactive ketones (excluding diaryl/α,β-unsaturated/α-hetero) is 1. The number of carbonyl (C=O) groups is 1. The molecule has 2 unspecified atom stereocenters. The van der Waals surface area contributed by atoms with Gasteiger partial charge in [0.05, 0.1) is 18.8 Å². The number of nitrogens with two attached hydrogens (primary N) is 1. The number of nitrogens with zero attached hydrogens (tertiary/aromatic N) is 2. The number of anilines is 1. The number of ether oxygens (including phenoxy) is 1. The van der Waals surface area contributed by atoms with E-state index >= 15 is 0 Å². The van der Waals surface area contributed by atoms with Gasteiger partial charge in [-0.2, -0.15) is 0 Å². The third kappa shape index (κ3) is 5.55. The molecule has 4 aromatic carbocycles. The summed E-state index contributed by atoms with van der Waals surface area (Å²) in [4.78, 5) is 18.0. The average Bonchev–Trinajstić information content (AvgIpc) is 3.33. The minimum atomic E-state index is -0.566. The molecule has 5 nitrogen and oxygen atoms in total. The van der Waals surface area contributed by atoms with E-state index in [0.717, 1.165) is 44.7 Å². The monoisotopic (exact) mass is 535 g/mol. The van der Waals surface area contributed by atoms with Crippen LogP contribution in [0.2, 0.25) is 0 Å². The van der Waals surface area contributed by atoms with Gasteiger partial charge in [0.1, 0.15) is 0 Å². The summed E-state index contributed by atoms with van der Waals surface area (Å²) in [6, 6.07) is 31.2. The molecule has 208 valence electrons. The van der Waals surface area contributed by atoms with Crippen LogP contribution in [0.3, 0.4) is 0 Å². The van der Waals surface area contributed by atoms with Crippen molar-refractivity contribution in [2.75, 3.05) is 45.3 Å². The molecule has 1 aliphatic carbocycles. The number of hydrogen-bond acceptors (Lipinski definition) is 5. The molecular formula is C35H41N3O2. The number of rotatable bonds is 7. The molecule has 4 aromatic rings. The Hall–Kier alpha value is -3.51. The van der Waals surface area contributed by atoms with E-state index in [2.05, 4.69) is 77.4 Å². The summed E-state index contributed by atoms with van der Waals surface area (Å²) in [5, 5.41) is 2.71. The fraction of sp³-hybridized carbons (Fsp3) is 0.343. The molecule has 0 saturated carbocycles. The van der Waals surface area contributed by atoms with Gasteiger partial charge in [-0.05, 0) is 60.5 Å². The predicted molar refractivity (Wildman–Crippen MR) is 165 cm³/mol. The molecule has 0 bridgehead atoms. The van der Waals surface area contributed by atoms with Crippen molar-refractivity contribution < 1.29 is 9.53 Å². The number of hydrogen-bond donors (Lipinski definition) is 1. The van der Waals surface area contributed by atoms with Crippen molar-refractivity contribution in [3.63, 3.8) is 0 Å². The van der Waals surface area contributed by atoms with Crippen LogP contribution in [0.5, 0.6) is 0 Å². The maximum atomic E-state index is 13.6. The Kier molecular flexibility index (Phi) is 8.65. The smallest absolute Gasteiger partial charge is 0.183 e. The Morgan fingerprint density at radius 3 is 2.30 bits per heavy atom. The van der Waals surface area contributed by atoms with E-state index in [-0.39, 0.29) is 11.8 Å². The Labute approximate surface area is 238 Å². The molecule has 1 saturated heterocycles. The second kappa shape index (κ2) is 12.3. The van der Waals surface area contributed by atoms with Crippen LogP contribution >= 0.6 is 0 Å². The maximum Gasteiger partial charge on any atom is 0.183 e. The van der Waals surface area contributed by atoms with Crippen molar-refractivity contribution >= 4 is 22.2 Å². The van der Waals surface area contributed by atoms with Crippen LogP contribution in [0.1, 0.15) is 46.4 Å². The first kappa shape index (κ1) is 28.0. The molecule has 0 amide bonds. The minimum absolute atomic E-state index is 0.187. The molecule has 1 fully saturated rings. The second-order valence-corrected chi connectivity index (χ2v) is 11.1. The van der Waals surface area contributed by atoms with Crippen molar-refractivity contribution in [1.82, 2.24) is 4.90 Å². The third-order valence-corrected chi connectivity index (χ3v) is 8.59. The lowest BCUT2D eigenvalue weighted by Gasteiger charge is -2.39. The SMILES string of the molecule is CCC(Cc1ccccc1N1CCOCC1)(C(=O)c1ccccc1)N(C)C.NC1Cc2cccc3cccc1c23. The first-order valence-corrected chi connectivity index (χ1v) is 14.4. The van der Waals surface area contributed by atoms with Crippen LogP contribution in [0.4, 0.5) is 5.69 Å². The highest BCUT2D eigenvalue weighted by Gasteiger charge is 2.40. The molecule has 0 spiro atoms. The highest BCUT2D eigenvalue weighted by Crippen LogP contribution is 2.35. The van der Waals surface area contributed by atoms with Crippen molar-refractivity contribution in [2.24, 2.45) is 5.73 Å². The Morgan fingerprint density at radius 1 is 0.925 bits per heavy atom. The Morgan fingerprint density at radius 2 is 1.60 bits per heavy atom. The standard InChI is InChI=1S/C23H30N2O2.C12H11N/c1-4-23(24(2)3,22(26)19-10-6-5-7-11-19)18-20-12-8-9-13-21(20)25-14-16-27-17-15-25;13-11-7-9-5-1-3-8-4-2-6-10(11)12(8)9/h5-13H,4,14-18H2,1-3H3;1-6,11H,7,13H2. The predicted octanol–water partition coefficient (Wildman–Crippen LogP) is 6.05. The van der Waals surface area contributed by atoms with Gasteiger partial charge in [-0.3, -0.25) is 9.69 Å². The van der Waals surface area contributed by atoms with Gasteiger partial charge in [-0.15, -0.1) is 0 Å². The molecule has 0 aromatic heterocycles. The zero-order valence-corrected chi connectivity index (χ0v) is 24.0. The van der Waals surface area contributed by atoms with E-state index in [1.807, 2.05) is 44.4 Å². The van der Waals surface area contributed by atoms with Crippen LogP contribution in [-0.2, 0) is 17.6 Å². The quantitative estimate of drug-likeness (QED) is 0.292. The third-order valence-electron chi connectivity index (χ3n) is 8.59. The highest BCUT2D eigenvalue weighted by molar-refractivity contribution is 6.03. The maximum absolute atomic E-state index is 13.6. The van der Waals surface area contributed by atoms with E-state index in [1.54, 1.807) is 0 Å². The number of benzene rings is 4. The first-order valence-electron chi connectivity index (χ1n) is 14.4. The van der Waals surface area contributed by atoms with Gasteiger partial charge < -0.3 is 15.4 Å². The van der Waals surface area contributed by atoms with E-state index in [9.17, 15) is 4.79 Å². The van der Waals surface area contributed by atoms with E-state index in [4.69, 9.17) is 10.5 Å². The lowest BCUT2D eigenvalue weighted by Crippen LogP contribution is -2.52. The molecule has 5 heteroatoms. The molecule has 40 heavy (non-hydrogen) atoms. The summed E-state index contributed by atoms with van der Waals surface area (Å²) >= 11 is 0. The van der Waals surface area contributed by atoms with Crippen molar-refractivity contribution in [3.05, 3.63) is 113 Å². The summed E-state index contributed by atoms with van der Waals surface area (Å²) in [7, 11) is 4.03. The fourth-order valence-electron chi connectivity index (χ4n) is 6.27. The van der Waals surface area contributed by atoms with Crippen molar-refractivity contribution in [2.45, 2.75) is 37.8 Å². The first-order chi connectivity index (χ1) is 19.4. The average molecular weight is 536 g/mol. The lowest BCUT2D eigenvalue weighted by atomic mass is 9.79. The van der Waals surface area contributed by atoms with Crippen LogP contribution in [0.15, 0.2) is 91.0 Å². The molecule has 1 aliphatic heterocycles. The number of ketones is 1. The van der Waals surface area contributed by atoms with E-state index in [1.165, 1.54) is 33.2 Å². The zero-order chi connectivity index (χ0) is 28.1. The summed E-state index contributed by atoms with van der Waals surface area (Å²) in [5.41, 5.74) is 11.4. The molecule has 2 N–H and O–H groups in total. The van der Waals surface area contributed by atoms with Gasteiger partial charge in [-0.25, -0.2) is 0 Å². The van der Waals surface area contributed by atoms with Gasteiger partial charge in [-0.1, -0.05) is 91.9 Å². The Balaban J connectivity index is 0.000000204. The van der Waals surface area contributed by atoms with Gasteiger partial charge in [0.15, 0.2) is 5.78 Å². The zero-order valence-electron chi connectivity index (χ0n) is 24.0. The number of likely N-dealkylation sites (N-methyl/N-ethyl adjacent to an activating group) is 1. The summed E-state index contributed by atoms with van der Waals surface area (Å²) < 4.78 is 5.51. The number of carbonyl (C=O) groups excluding carboxylic acids is 1. The molecule has 2 aliphatic rings. The fourth-order valence-corrected chi connectivity index (χ4v) is 6.27. The minimum Gasteiger partial charge on any atom is -0.378 e. The molecule has 6 rings (SSSR count). The van der Waals surface area contributed by atoms with Gasteiger partial charge in [0, 0.05) is 36.8 Å². The van der Waals surface area contributed by atoms with Crippen LogP contribution in [0, 0.1) is 0 Å². The molecular weight excluding hydrogens is 494 g/mol. The largest absolute Gasteiger partial charge is 0.378 e. The molecule has 2 atom stereocenters. The van der Waals surface area contributed by atoms with Gasteiger partial charge in [0.25, 0.3) is 0 Å². The van der Waals surface area contributed by atoms with Gasteiger partial charge >= 0.3 is 0 Å². The molecule has 0 radical (unpaired) electrons. The Bertz CT molecular complexity index is 1440. The number of morpholine rings is 1. The van der Waals surface area contributed by atoms with Crippen LogP contribution in [-0.4, -0.2) is 56.6 Å². The van der Waals surface area contributed by atoms with E-state index in [0.29, 0.717) is 6.42 Å². The topological polar surface area (TPSA) is 58.8 Å². The normalized spacial score (nSPS) is 17.8. The molecule has 1 heterocycles. The van der Waals surface area contributed by atoms with Crippen molar-refractivity contribution in [3.8, 4) is 0 Å².